The summed E-state index contributed by atoms with van der Waals surface area (Å²) in [6.45, 7) is 5.21. The van der Waals surface area contributed by atoms with Crippen LogP contribution in [0.4, 0.5) is 5.82 Å². The lowest BCUT2D eigenvalue weighted by Gasteiger charge is -2.39. The van der Waals surface area contributed by atoms with Gasteiger partial charge < -0.3 is 20.1 Å². The zero-order chi connectivity index (χ0) is 24.2. The summed E-state index contributed by atoms with van der Waals surface area (Å²) in [7, 11) is 0. The molecule has 0 spiro atoms. The van der Waals surface area contributed by atoms with Crippen molar-refractivity contribution in [2.45, 2.75) is 32.9 Å². The van der Waals surface area contributed by atoms with Crippen LogP contribution < -0.4 is 10.2 Å². The molecule has 1 amide bonds. The molecule has 1 aliphatic heterocycles. The summed E-state index contributed by atoms with van der Waals surface area (Å²) in [4.78, 5) is 39.0. The number of nitrogens with zero attached hydrogens (tertiary/aromatic N) is 5. The maximum Gasteiger partial charge on any atom is 0.306 e. The standard InChI is InChI=1S/C24H24N6O4/c1-14(2)34-21(31)7-16-12-30(13-16)20-6-5-18-19(29-20)11-27-22(23(18)32)24(33)28-10-15-3-4-17(8-25)26-9-15/h3-6,9,11,14,16,32H,7,10,12-13H2,1-2H3,(H,28,33). The summed E-state index contributed by atoms with van der Waals surface area (Å²) in [5.74, 6) is -0.0431. The summed E-state index contributed by atoms with van der Waals surface area (Å²) < 4.78 is 5.19. The highest BCUT2D eigenvalue weighted by molar-refractivity contribution is 6.00. The molecule has 1 fully saturated rings. The zero-order valence-electron chi connectivity index (χ0n) is 18.9. The molecule has 1 saturated heterocycles. The van der Waals surface area contributed by atoms with Crippen LogP contribution in [0, 0.1) is 17.2 Å². The normalized spacial score (nSPS) is 13.4. The molecule has 0 saturated carbocycles. The monoisotopic (exact) mass is 460 g/mol. The molecular formula is C24H24N6O4. The second-order valence-corrected chi connectivity index (χ2v) is 8.42. The molecule has 0 aromatic carbocycles. The van der Waals surface area contributed by atoms with Crippen LogP contribution >= 0.6 is 0 Å². The molecular weight excluding hydrogens is 436 g/mol. The average Bonchev–Trinajstić information content (AvgIpc) is 2.79. The summed E-state index contributed by atoms with van der Waals surface area (Å²) in [5, 5.41) is 22.5. The number of hydrogen-bond donors (Lipinski definition) is 2. The number of carbonyl (C=O) groups is 2. The van der Waals surface area contributed by atoms with E-state index in [4.69, 9.17) is 10.00 Å². The Hall–Kier alpha value is -4.26. The summed E-state index contributed by atoms with van der Waals surface area (Å²) in [6.07, 6.45) is 3.22. The number of amides is 1. The van der Waals surface area contributed by atoms with Crippen molar-refractivity contribution >= 4 is 28.6 Å². The number of esters is 1. The van der Waals surface area contributed by atoms with E-state index in [1.807, 2.05) is 24.8 Å². The van der Waals surface area contributed by atoms with Crippen molar-refractivity contribution in [3.8, 4) is 11.8 Å². The first kappa shape index (κ1) is 22.9. The smallest absolute Gasteiger partial charge is 0.306 e. The van der Waals surface area contributed by atoms with E-state index < -0.39 is 5.91 Å². The largest absolute Gasteiger partial charge is 0.505 e. The summed E-state index contributed by atoms with van der Waals surface area (Å²) in [6, 6.07) is 8.67. The van der Waals surface area contributed by atoms with Crippen LogP contribution in [0.3, 0.4) is 0 Å². The van der Waals surface area contributed by atoms with Crippen molar-refractivity contribution in [3.05, 3.63) is 53.6 Å². The van der Waals surface area contributed by atoms with Gasteiger partial charge >= 0.3 is 5.97 Å². The van der Waals surface area contributed by atoms with E-state index in [2.05, 4.69) is 20.3 Å². The van der Waals surface area contributed by atoms with Crippen LogP contribution in [-0.2, 0) is 16.1 Å². The molecule has 34 heavy (non-hydrogen) atoms. The number of fused-ring (bicyclic) bond motifs is 1. The number of aromatic hydroxyl groups is 1. The van der Waals surface area contributed by atoms with Crippen molar-refractivity contribution < 1.29 is 19.4 Å². The van der Waals surface area contributed by atoms with Gasteiger partial charge in [-0.1, -0.05) is 6.07 Å². The lowest BCUT2D eigenvalue weighted by atomic mass is 9.96. The first-order valence-corrected chi connectivity index (χ1v) is 10.9. The van der Waals surface area contributed by atoms with E-state index in [0.29, 0.717) is 41.8 Å². The third-order valence-corrected chi connectivity index (χ3v) is 5.42. The van der Waals surface area contributed by atoms with Crippen molar-refractivity contribution in [2.75, 3.05) is 18.0 Å². The van der Waals surface area contributed by atoms with Crippen LogP contribution in [0.25, 0.3) is 10.9 Å². The molecule has 0 bridgehead atoms. The highest BCUT2D eigenvalue weighted by atomic mass is 16.5. The summed E-state index contributed by atoms with van der Waals surface area (Å²) in [5.41, 5.74) is 1.37. The molecule has 0 aliphatic carbocycles. The van der Waals surface area contributed by atoms with Gasteiger partial charge in [-0.3, -0.25) is 9.59 Å². The number of rotatable bonds is 7. The van der Waals surface area contributed by atoms with Crippen molar-refractivity contribution in [2.24, 2.45) is 5.92 Å². The third-order valence-electron chi connectivity index (χ3n) is 5.42. The molecule has 2 N–H and O–H groups in total. The van der Waals surface area contributed by atoms with Gasteiger partial charge in [0.2, 0.25) is 0 Å². The average molecular weight is 460 g/mol. The number of anilines is 1. The van der Waals surface area contributed by atoms with Crippen molar-refractivity contribution in [1.82, 2.24) is 20.3 Å². The molecule has 10 heteroatoms. The number of nitrogens with one attached hydrogen (secondary N) is 1. The number of nitriles is 1. The number of aromatic nitrogens is 3. The fourth-order valence-corrected chi connectivity index (χ4v) is 3.71. The zero-order valence-corrected chi connectivity index (χ0v) is 18.9. The molecule has 0 atom stereocenters. The highest BCUT2D eigenvalue weighted by Gasteiger charge is 2.30. The van der Waals surface area contributed by atoms with Gasteiger partial charge in [0.25, 0.3) is 5.91 Å². The SMILES string of the molecule is CC(C)OC(=O)CC1CN(c2ccc3c(O)c(C(=O)NCc4ccc(C#N)nc4)ncc3n2)C1. The van der Waals surface area contributed by atoms with E-state index in [1.165, 1.54) is 12.4 Å². The fraction of sp³-hybridized carbons (Fsp3) is 0.333. The van der Waals surface area contributed by atoms with E-state index >= 15 is 0 Å². The van der Waals surface area contributed by atoms with Gasteiger partial charge in [-0.05, 0) is 37.6 Å². The fourth-order valence-electron chi connectivity index (χ4n) is 3.71. The Bertz CT molecular complexity index is 1260. The van der Waals surface area contributed by atoms with E-state index in [-0.39, 0.29) is 41.7 Å². The summed E-state index contributed by atoms with van der Waals surface area (Å²) >= 11 is 0. The number of ether oxygens (including phenoxy) is 1. The van der Waals surface area contributed by atoms with Crippen molar-refractivity contribution in [3.63, 3.8) is 0 Å². The van der Waals surface area contributed by atoms with E-state index in [1.54, 1.807) is 24.3 Å². The molecule has 3 aromatic heterocycles. The van der Waals surface area contributed by atoms with Gasteiger partial charge in [0.15, 0.2) is 11.4 Å². The van der Waals surface area contributed by atoms with Gasteiger partial charge in [-0.25, -0.2) is 15.0 Å². The van der Waals surface area contributed by atoms with Gasteiger partial charge in [0.05, 0.1) is 24.2 Å². The molecule has 4 heterocycles. The number of carbonyl (C=O) groups excluding carboxylic acids is 2. The second-order valence-electron chi connectivity index (χ2n) is 8.42. The first-order valence-electron chi connectivity index (χ1n) is 10.9. The van der Waals surface area contributed by atoms with E-state index in [9.17, 15) is 14.7 Å². The van der Waals surface area contributed by atoms with E-state index in [0.717, 1.165) is 0 Å². The molecule has 3 aromatic rings. The number of hydrogen-bond acceptors (Lipinski definition) is 9. The number of pyridine rings is 3. The minimum atomic E-state index is -0.535. The Balaban J connectivity index is 1.39. The lowest BCUT2D eigenvalue weighted by Crippen LogP contribution is -2.48. The van der Waals surface area contributed by atoms with Gasteiger partial charge in [0, 0.05) is 37.1 Å². The Morgan fingerprint density at radius 1 is 1.24 bits per heavy atom. The predicted molar refractivity (Wildman–Crippen MR) is 123 cm³/mol. The van der Waals surface area contributed by atoms with Crippen LogP contribution in [0.1, 0.15) is 42.0 Å². The van der Waals surface area contributed by atoms with Crippen molar-refractivity contribution in [1.29, 1.82) is 5.26 Å². The molecule has 174 valence electrons. The first-order chi connectivity index (χ1) is 16.3. The predicted octanol–water partition coefficient (Wildman–Crippen LogP) is 2.31. The second kappa shape index (κ2) is 9.70. The Morgan fingerprint density at radius 2 is 2.03 bits per heavy atom. The van der Waals surface area contributed by atoms with Gasteiger partial charge in [-0.15, -0.1) is 0 Å². The molecule has 10 nitrogen and oxygen atoms in total. The van der Waals surface area contributed by atoms with Crippen LogP contribution in [-0.4, -0.2) is 51.1 Å². The highest BCUT2D eigenvalue weighted by Crippen LogP contribution is 2.31. The maximum atomic E-state index is 12.6. The molecule has 0 radical (unpaired) electrons. The maximum absolute atomic E-state index is 12.6. The topological polar surface area (TPSA) is 141 Å². The Morgan fingerprint density at radius 3 is 2.71 bits per heavy atom. The van der Waals surface area contributed by atoms with Gasteiger partial charge in [0.1, 0.15) is 17.6 Å². The quantitative estimate of drug-likeness (QED) is 0.508. The Labute approximate surface area is 196 Å². The molecule has 4 rings (SSSR count). The van der Waals surface area contributed by atoms with Crippen LogP contribution in [0.2, 0.25) is 0 Å². The molecule has 1 aliphatic rings. The van der Waals surface area contributed by atoms with Crippen LogP contribution in [0.5, 0.6) is 5.75 Å². The minimum absolute atomic E-state index is 0.101. The Kier molecular flexibility index (Phi) is 6.54. The van der Waals surface area contributed by atoms with Crippen LogP contribution in [0.15, 0.2) is 36.7 Å². The molecule has 0 unspecified atom stereocenters. The minimum Gasteiger partial charge on any atom is -0.505 e. The third kappa shape index (κ3) is 5.04. The van der Waals surface area contributed by atoms with Gasteiger partial charge in [-0.2, -0.15) is 5.26 Å². The lowest BCUT2D eigenvalue weighted by molar-refractivity contribution is -0.148.